The molecule has 1 aromatic carbocycles. The average Bonchev–Trinajstić information content (AvgIpc) is 3.53. The van der Waals surface area contributed by atoms with Crippen molar-refractivity contribution in [2.24, 2.45) is 0 Å². The second-order valence-electron chi connectivity index (χ2n) is 7.82. The van der Waals surface area contributed by atoms with Crippen LogP contribution in [-0.4, -0.2) is 39.8 Å². The second kappa shape index (κ2) is 10.3. The number of carbonyl (C=O) groups is 2. The summed E-state index contributed by atoms with van der Waals surface area (Å²) in [5.41, 5.74) is 2.17. The number of anilines is 1. The number of aromatic nitrogens is 3. The van der Waals surface area contributed by atoms with E-state index in [9.17, 15) is 9.59 Å². The first-order valence-corrected chi connectivity index (χ1v) is 11.7. The molecule has 0 saturated carbocycles. The highest BCUT2D eigenvalue weighted by Gasteiger charge is 2.22. The number of rotatable bonds is 8. The fourth-order valence-electron chi connectivity index (χ4n) is 3.57. The van der Waals surface area contributed by atoms with Gasteiger partial charge in [-0.3, -0.25) is 4.79 Å². The zero-order valence-corrected chi connectivity index (χ0v) is 19.7. The minimum absolute atomic E-state index is 0.0496. The van der Waals surface area contributed by atoms with Gasteiger partial charge in [-0.1, -0.05) is 24.3 Å². The highest BCUT2D eigenvalue weighted by molar-refractivity contribution is 7.13. The standard InChI is InChI=1S/C25H23N5O3S/c1-17(2)30-24-20(15-27-30)19(14-21(28-24)22-10-6-13-34-22)25(32)33-16-23(31)29(12-7-11-26)18-8-4-3-5-9-18/h3-6,8-10,13-15,17H,7,12,16H2,1-2H3. The lowest BCUT2D eigenvalue weighted by atomic mass is 10.1. The third kappa shape index (κ3) is 4.82. The van der Waals surface area contributed by atoms with Crippen molar-refractivity contribution in [3.05, 3.63) is 65.7 Å². The molecule has 1 amide bonds. The van der Waals surface area contributed by atoms with Crippen LogP contribution in [0.3, 0.4) is 0 Å². The van der Waals surface area contributed by atoms with E-state index in [1.165, 1.54) is 16.2 Å². The second-order valence-corrected chi connectivity index (χ2v) is 8.77. The maximum Gasteiger partial charge on any atom is 0.339 e. The van der Waals surface area contributed by atoms with Crippen LogP contribution in [0.15, 0.2) is 60.1 Å². The predicted molar refractivity (Wildman–Crippen MR) is 131 cm³/mol. The van der Waals surface area contributed by atoms with Crippen LogP contribution in [-0.2, 0) is 9.53 Å². The lowest BCUT2D eigenvalue weighted by Gasteiger charge is -2.21. The number of esters is 1. The number of nitrogens with zero attached hydrogens (tertiary/aromatic N) is 5. The third-order valence-corrected chi connectivity index (χ3v) is 6.08. The van der Waals surface area contributed by atoms with E-state index >= 15 is 0 Å². The molecule has 0 radical (unpaired) electrons. The summed E-state index contributed by atoms with van der Waals surface area (Å²) in [6.45, 7) is 3.74. The largest absolute Gasteiger partial charge is 0.452 e. The number of amides is 1. The molecule has 0 spiro atoms. The Bertz CT molecular complexity index is 1340. The van der Waals surface area contributed by atoms with Gasteiger partial charge in [-0.15, -0.1) is 11.3 Å². The maximum atomic E-state index is 13.1. The zero-order valence-electron chi connectivity index (χ0n) is 18.8. The van der Waals surface area contributed by atoms with E-state index in [1.54, 1.807) is 41.2 Å². The first-order chi connectivity index (χ1) is 16.5. The Kier molecular flexibility index (Phi) is 6.99. The average molecular weight is 474 g/mol. The summed E-state index contributed by atoms with van der Waals surface area (Å²) in [7, 11) is 0. The fraction of sp³-hybridized carbons (Fsp3) is 0.240. The molecule has 0 aliphatic rings. The van der Waals surface area contributed by atoms with Crippen molar-refractivity contribution in [2.45, 2.75) is 26.3 Å². The topological polar surface area (TPSA) is 101 Å². The molecule has 0 fully saturated rings. The number of fused-ring (bicyclic) bond motifs is 1. The van der Waals surface area contributed by atoms with E-state index in [4.69, 9.17) is 15.0 Å². The van der Waals surface area contributed by atoms with E-state index in [2.05, 4.69) is 5.10 Å². The van der Waals surface area contributed by atoms with Crippen molar-refractivity contribution in [2.75, 3.05) is 18.1 Å². The van der Waals surface area contributed by atoms with Crippen molar-refractivity contribution in [3.63, 3.8) is 0 Å². The summed E-state index contributed by atoms with van der Waals surface area (Å²) >= 11 is 1.52. The molecule has 3 heterocycles. The Hall–Kier alpha value is -4.03. The minimum atomic E-state index is -0.629. The summed E-state index contributed by atoms with van der Waals surface area (Å²) in [4.78, 5) is 33.1. The van der Waals surface area contributed by atoms with Crippen molar-refractivity contribution in [1.82, 2.24) is 14.8 Å². The molecule has 0 atom stereocenters. The van der Waals surface area contributed by atoms with Crippen molar-refractivity contribution >= 4 is 39.9 Å². The number of ether oxygens (including phenoxy) is 1. The number of carbonyl (C=O) groups excluding carboxylic acids is 2. The van der Waals surface area contributed by atoms with Crippen LogP contribution in [0.4, 0.5) is 5.69 Å². The van der Waals surface area contributed by atoms with Gasteiger partial charge in [-0.05, 0) is 43.5 Å². The molecule has 3 aromatic heterocycles. The number of pyridine rings is 1. The van der Waals surface area contributed by atoms with E-state index in [0.29, 0.717) is 28.0 Å². The van der Waals surface area contributed by atoms with Crippen molar-refractivity contribution < 1.29 is 14.3 Å². The molecule has 8 nitrogen and oxygen atoms in total. The molecule has 0 aliphatic heterocycles. The van der Waals surface area contributed by atoms with Crippen LogP contribution in [0.1, 0.15) is 36.7 Å². The number of para-hydroxylation sites is 1. The number of thiophene rings is 1. The van der Waals surface area contributed by atoms with Gasteiger partial charge in [0.1, 0.15) is 0 Å². The monoisotopic (exact) mass is 473 g/mol. The number of nitriles is 1. The van der Waals surface area contributed by atoms with Crippen LogP contribution in [0.2, 0.25) is 0 Å². The van der Waals surface area contributed by atoms with Gasteiger partial charge in [0.2, 0.25) is 0 Å². The summed E-state index contributed by atoms with van der Waals surface area (Å²) in [6, 6.07) is 16.6. The zero-order chi connectivity index (χ0) is 24.1. The molecule has 9 heteroatoms. The molecule has 172 valence electrons. The molecule has 4 aromatic rings. The van der Waals surface area contributed by atoms with Gasteiger partial charge < -0.3 is 9.64 Å². The Morgan fingerprint density at radius 2 is 2.00 bits per heavy atom. The lowest BCUT2D eigenvalue weighted by Crippen LogP contribution is -2.35. The molecule has 0 bridgehead atoms. The van der Waals surface area contributed by atoms with Crippen LogP contribution in [0, 0.1) is 11.3 Å². The maximum absolute atomic E-state index is 13.1. The predicted octanol–water partition coefficient (Wildman–Crippen LogP) is 4.84. The summed E-state index contributed by atoms with van der Waals surface area (Å²) in [5.74, 6) is -1.04. The Balaban J connectivity index is 1.61. The van der Waals surface area contributed by atoms with E-state index in [1.807, 2.05) is 43.5 Å². The Morgan fingerprint density at radius 1 is 1.21 bits per heavy atom. The number of hydrogen-bond donors (Lipinski definition) is 0. The minimum Gasteiger partial charge on any atom is -0.452 e. The van der Waals surface area contributed by atoms with Gasteiger partial charge >= 0.3 is 5.97 Å². The van der Waals surface area contributed by atoms with Crippen molar-refractivity contribution in [3.8, 4) is 16.6 Å². The molecule has 0 aliphatic carbocycles. The Labute approximate surface area is 201 Å². The van der Waals surface area contributed by atoms with Gasteiger partial charge in [-0.25, -0.2) is 14.5 Å². The molecule has 0 N–H and O–H groups in total. The summed E-state index contributed by atoms with van der Waals surface area (Å²) < 4.78 is 7.21. The number of hydrogen-bond acceptors (Lipinski definition) is 7. The third-order valence-electron chi connectivity index (χ3n) is 5.19. The van der Waals surface area contributed by atoms with Gasteiger partial charge in [0.15, 0.2) is 12.3 Å². The molecule has 4 rings (SSSR count). The molecular weight excluding hydrogens is 450 g/mol. The molecular formula is C25H23N5O3S. The molecule has 0 unspecified atom stereocenters. The highest BCUT2D eigenvalue weighted by atomic mass is 32.1. The van der Waals surface area contributed by atoms with Gasteiger partial charge in [0, 0.05) is 18.3 Å². The van der Waals surface area contributed by atoms with Gasteiger partial charge in [0.05, 0.1) is 40.2 Å². The van der Waals surface area contributed by atoms with Gasteiger partial charge in [0.25, 0.3) is 5.91 Å². The van der Waals surface area contributed by atoms with Crippen LogP contribution in [0.5, 0.6) is 0 Å². The quantitative estimate of drug-likeness (QED) is 0.339. The normalized spacial score (nSPS) is 10.9. The van der Waals surface area contributed by atoms with E-state index in [0.717, 1.165) is 4.88 Å². The highest BCUT2D eigenvalue weighted by Crippen LogP contribution is 2.29. The first kappa shape index (κ1) is 23.1. The SMILES string of the molecule is CC(C)n1ncc2c(C(=O)OCC(=O)N(CCC#N)c3ccccc3)cc(-c3cccs3)nc21. The Morgan fingerprint density at radius 3 is 2.68 bits per heavy atom. The van der Waals surface area contributed by atoms with E-state index in [-0.39, 0.29) is 19.0 Å². The van der Waals surface area contributed by atoms with Crippen LogP contribution in [0.25, 0.3) is 21.6 Å². The fourth-order valence-corrected chi connectivity index (χ4v) is 4.25. The molecule has 0 saturated heterocycles. The summed E-state index contributed by atoms with van der Waals surface area (Å²) in [6.07, 6.45) is 1.76. The lowest BCUT2D eigenvalue weighted by molar-refractivity contribution is -0.121. The smallest absolute Gasteiger partial charge is 0.339 e. The van der Waals surface area contributed by atoms with Crippen LogP contribution < -0.4 is 4.90 Å². The van der Waals surface area contributed by atoms with Crippen molar-refractivity contribution in [1.29, 1.82) is 5.26 Å². The van der Waals surface area contributed by atoms with Crippen LogP contribution >= 0.6 is 11.3 Å². The summed E-state index contributed by atoms with van der Waals surface area (Å²) in [5, 5.41) is 15.9. The molecule has 34 heavy (non-hydrogen) atoms. The van der Waals surface area contributed by atoms with E-state index < -0.39 is 18.5 Å². The van der Waals surface area contributed by atoms with Gasteiger partial charge in [-0.2, -0.15) is 10.4 Å². The first-order valence-electron chi connectivity index (χ1n) is 10.8. The number of benzene rings is 1.